The summed E-state index contributed by atoms with van der Waals surface area (Å²) in [6.07, 6.45) is 0.996. The van der Waals surface area contributed by atoms with Gasteiger partial charge in [-0.2, -0.15) is 0 Å². The number of aryl methyl sites for hydroxylation is 1. The van der Waals surface area contributed by atoms with E-state index < -0.39 is 0 Å². The molecule has 1 aliphatic heterocycles. The van der Waals surface area contributed by atoms with Crippen molar-refractivity contribution < 1.29 is 9.18 Å². The standard InChI is InChI=1S/C19H21FN2O2/c1-13-4-3-5-18(23)21(13)11-9-19(24)22-10-8-15-6-7-16(20)12-17(15)14(22)2/h3-7,12,14H,8-11H2,1-2H3/t14-/m1/s1. The summed E-state index contributed by atoms with van der Waals surface area (Å²) in [5, 5.41) is 0. The van der Waals surface area contributed by atoms with Crippen molar-refractivity contribution in [1.29, 1.82) is 0 Å². The SMILES string of the molecule is Cc1cccc(=O)n1CCC(=O)N1CCc2ccc(F)cc2[C@H]1C. The van der Waals surface area contributed by atoms with Gasteiger partial charge in [0.15, 0.2) is 0 Å². The first-order valence-electron chi connectivity index (χ1n) is 8.21. The fraction of sp³-hybridized carbons (Fsp3) is 0.368. The Labute approximate surface area is 140 Å². The lowest BCUT2D eigenvalue weighted by molar-refractivity contribution is -0.134. The Kier molecular flexibility index (Phi) is 4.51. The summed E-state index contributed by atoms with van der Waals surface area (Å²) < 4.78 is 15.1. The topological polar surface area (TPSA) is 42.3 Å². The van der Waals surface area contributed by atoms with Crippen LogP contribution in [-0.4, -0.2) is 21.9 Å². The Morgan fingerprint density at radius 1 is 1.29 bits per heavy atom. The molecule has 0 saturated heterocycles. The monoisotopic (exact) mass is 328 g/mol. The molecule has 0 unspecified atom stereocenters. The second kappa shape index (κ2) is 6.59. The van der Waals surface area contributed by atoms with Crippen molar-refractivity contribution in [1.82, 2.24) is 9.47 Å². The molecular formula is C19H21FN2O2. The van der Waals surface area contributed by atoms with Gasteiger partial charge < -0.3 is 9.47 Å². The van der Waals surface area contributed by atoms with Crippen LogP contribution < -0.4 is 5.56 Å². The van der Waals surface area contributed by atoms with Crippen molar-refractivity contribution in [2.45, 2.75) is 39.3 Å². The molecule has 126 valence electrons. The van der Waals surface area contributed by atoms with Gasteiger partial charge in [-0.15, -0.1) is 0 Å². The molecule has 1 amide bonds. The van der Waals surface area contributed by atoms with Crippen LogP contribution in [0.4, 0.5) is 4.39 Å². The van der Waals surface area contributed by atoms with E-state index in [9.17, 15) is 14.0 Å². The summed E-state index contributed by atoms with van der Waals surface area (Å²) in [4.78, 5) is 26.3. The van der Waals surface area contributed by atoms with Gasteiger partial charge in [-0.25, -0.2) is 4.39 Å². The molecule has 5 heteroatoms. The van der Waals surface area contributed by atoms with Gasteiger partial charge in [0.1, 0.15) is 5.82 Å². The Morgan fingerprint density at radius 2 is 2.08 bits per heavy atom. The highest BCUT2D eigenvalue weighted by atomic mass is 19.1. The highest BCUT2D eigenvalue weighted by molar-refractivity contribution is 5.77. The second-order valence-electron chi connectivity index (χ2n) is 6.26. The number of nitrogens with zero attached hydrogens (tertiary/aromatic N) is 2. The first kappa shape index (κ1) is 16.4. The molecule has 0 aliphatic carbocycles. The summed E-state index contributed by atoms with van der Waals surface area (Å²) in [5.74, 6) is -0.283. The van der Waals surface area contributed by atoms with Crippen LogP contribution in [0.15, 0.2) is 41.2 Å². The summed E-state index contributed by atoms with van der Waals surface area (Å²) in [6.45, 7) is 4.77. The quantitative estimate of drug-likeness (QED) is 0.869. The third kappa shape index (κ3) is 3.11. The summed E-state index contributed by atoms with van der Waals surface area (Å²) >= 11 is 0. The van der Waals surface area contributed by atoms with Gasteiger partial charge in [0.2, 0.25) is 5.91 Å². The van der Waals surface area contributed by atoms with Gasteiger partial charge in [0.25, 0.3) is 5.56 Å². The fourth-order valence-corrected chi connectivity index (χ4v) is 3.39. The fourth-order valence-electron chi connectivity index (χ4n) is 3.39. The molecule has 2 aromatic rings. The molecule has 1 aromatic carbocycles. The third-order valence-corrected chi connectivity index (χ3v) is 4.79. The van der Waals surface area contributed by atoms with Gasteiger partial charge in [-0.05, 0) is 49.6 Å². The molecule has 0 bridgehead atoms. The van der Waals surface area contributed by atoms with E-state index >= 15 is 0 Å². The van der Waals surface area contributed by atoms with Crippen molar-refractivity contribution in [3.8, 4) is 0 Å². The van der Waals surface area contributed by atoms with E-state index in [0.29, 0.717) is 13.1 Å². The average Bonchev–Trinajstić information content (AvgIpc) is 2.55. The van der Waals surface area contributed by atoms with E-state index in [0.717, 1.165) is 23.2 Å². The normalized spacial score (nSPS) is 16.8. The highest BCUT2D eigenvalue weighted by Gasteiger charge is 2.27. The number of hydrogen-bond donors (Lipinski definition) is 0. The Balaban J connectivity index is 1.73. The molecule has 24 heavy (non-hydrogen) atoms. The molecule has 1 aromatic heterocycles. The molecule has 4 nitrogen and oxygen atoms in total. The summed E-state index contributed by atoms with van der Waals surface area (Å²) in [6, 6.07) is 9.71. The zero-order valence-electron chi connectivity index (χ0n) is 14.0. The van der Waals surface area contributed by atoms with Gasteiger partial charge in [0, 0.05) is 31.3 Å². The van der Waals surface area contributed by atoms with Crippen LogP contribution in [0.2, 0.25) is 0 Å². The average molecular weight is 328 g/mol. The van der Waals surface area contributed by atoms with Gasteiger partial charge >= 0.3 is 0 Å². The number of rotatable bonds is 3. The Bertz CT molecular complexity index is 828. The smallest absolute Gasteiger partial charge is 0.250 e. The minimum Gasteiger partial charge on any atom is -0.336 e. The molecule has 3 rings (SSSR count). The summed E-state index contributed by atoms with van der Waals surface area (Å²) in [7, 11) is 0. The number of fused-ring (bicyclic) bond motifs is 1. The van der Waals surface area contributed by atoms with Gasteiger partial charge in [0.05, 0.1) is 6.04 Å². The van der Waals surface area contributed by atoms with E-state index in [1.54, 1.807) is 21.6 Å². The molecule has 2 heterocycles. The van der Waals surface area contributed by atoms with E-state index in [-0.39, 0.29) is 29.7 Å². The second-order valence-corrected chi connectivity index (χ2v) is 6.26. The number of amides is 1. The number of carbonyl (C=O) groups excluding carboxylic acids is 1. The van der Waals surface area contributed by atoms with E-state index in [4.69, 9.17) is 0 Å². The minimum absolute atomic E-state index is 0.00688. The Morgan fingerprint density at radius 3 is 2.83 bits per heavy atom. The van der Waals surface area contributed by atoms with Crippen molar-refractivity contribution in [3.63, 3.8) is 0 Å². The predicted molar refractivity (Wildman–Crippen MR) is 90.3 cm³/mol. The number of halogens is 1. The molecule has 0 N–H and O–H groups in total. The van der Waals surface area contributed by atoms with E-state index in [1.165, 1.54) is 18.2 Å². The highest BCUT2D eigenvalue weighted by Crippen LogP contribution is 2.30. The molecule has 0 fully saturated rings. The molecule has 0 spiro atoms. The number of hydrogen-bond acceptors (Lipinski definition) is 2. The maximum absolute atomic E-state index is 13.5. The van der Waals surface area contributed by atoms with Crippen molar-refractivity contribution in [2.75, 3.05) is 6.54 Å². The lowest BCUT2D eigenvalue weighted by Gasteiger charge is -2.35. The zero-order valence-corrected chi connectivity index (χ0v) is 14.0. The third-order valence-electron chi connectivity index (χ3n) is 4.79. The molecular weight excluding hydrogens is 307 g/mol. The molecule has 0 radical (unpaired) electrons. The summed E-state index contributed by atoms with van der Waals surface area (Å²) in [5.41, 5.74) is 2.72. The van der Waals surface area contributed by atoms with Crippen molar-refractivity contribution >= 4 is 5.91 Å². The van der Waals surface area contributed by atoms with Crippen LogP contribution in [0.5, 0.6) is 0 Å². The Hall–Kier alpha value is -2.43. The number of aromatic nitrogens is 1. The van der Waals surface area contributed by atoms with E-state index in [1.807, 2.05) is 19.9 Å². The predicted octanol–water partition coefficient (Wildman–Crippen LogP) is 2.83. The lowest BCUT2D eigenvalue weighted by atomic mass is 9.93. The molecule has 1 atom stereocenters. The zero-order chi connectivity index (χ0) is 17.3. The lowest BCUT2D eigenvalue weighted by Crippen LogP contribution is -2.39. The largest absolute Gasteiger partial charge is 0.336 e. The van der Waals surface area contributed by atoms with Crippen LogP contribution in [0.1, 0.15) is 36.2 Å². The van der Waals surface area contributed by atoms with Crippen LogP contribution in [-0.2, 0) is 17.8 Å². The van der Waals surface area contributed by atoms with Crippen LogP contribution in [0, 0.1) is 12.7 Å². The van der Waals surface area contributed by atoms with Crippen molar-refractivity contribution in [3.05, 3.63) is 69.4 Å². The number of pyridine rings is 1. The van der Waals surface area contributed by atoms with Crippen LogP contribution >= 0.6 is 0 Å². The van der Waals surface area contributed by atoms with Crippen molar-refractivity contribution in [2.24, 2.45) is 0 Å². The van der Waals surface area contributed by atoms with E-state index in [2.05, 4.69) is 0 Å². The number of carbonyl (C=O) groups is 1. The number of benzene rings is 1. The maximum atomic E-state index is 13.5. The molecule has 1 aliphatic rings. The first-order valence-corrected chi connectivity index (χ1v) is 8.21. The first-order chi connectivity index (χ1) is 11.5. The maximum Gasteiger partial charge on any atom is 0.250 e. The van der Waals surface area contributed by atoms with Crippen LogP contribution in [0.3, 0.4) is 0 Å². The van der Waals surface area contributed by atoms with Crippen LogP contribution in [0.25, 0.3) is 0 Å². The minimum atomic E-state index is -0.277. The molecule has 0 saturated carbocycles. The van der Waals surface area contributed by atoms with Gasteiger partial charge in [-0.3, -0.25) is 9.59 Å². The van der Waals surface area contributed by atoms with Gasteiger partial charge in [-0.1, -0.05) is 12.1 Å².